The average Bonchev–Trinajstić information content (AvgIpc) is 3.59. The van der Waals surface area contributed by atoms with Crippen LogP contribution in [0.1, 0.15) is 70.8 Å². The van der Waals surface area contributed by atoms with Crippen LogP contribution in [0.15, 0.2) is 132 Å². The van der Waals surface area contributed by atoms with Crippen LogP contribution in [0, 0.1) is 0 Å². The number of anilines is 1. The standard InChI is InChI=1S/C49H51N5O10S.BrH/c1-48(2,3)63-46(59)51-39-43(57)54-40(45(58)62-41(32-15-9-7-10-16-32)33-17-11-8-12-18-33)35(30-65-44(39)54)27-34-23-26-53(42(34)56)28-31-21-24-52(25-22-31)29-38(55)50-36-19-13-14-20-37(36)61-47(60)64-49(4,5)6;/h7-22,24-25,27,39,41,44H,23,26,28-30H2,1-6H3,(H-,50,51,55,59);1H/b34-27+;/t39-,44-;/m1./s1. The number of fused-ring (bicyclic) bond motifs is 1. The summed E-state index contributed by atoms with van der Waals surface area (Å²) in [6, 6.07) is 27.9. The number of allylic oxidation sites excluding steroid dienone is 1. The SMILES string of the molecule is CC(C)(C)OC(=O)N[C@@H]1C(=O)N2C(C(=O)OC(c3ccccc3)c3ccccc3)=C(/C=C3\CCN(Cc4cc[n+](CC(=O)Nc5ccccc5OC(=O)OC(C)(C)C)cc4)C3=O)CS[C@H]12.[Br-]. The van der Waals surface area contributed by atoms with Crippen LogP contribution < -0.4 is 36.9 Å². The second-order valence-electron chi connectivity index (χ2n) is 17.7. The van der Waals surface area contributed by atoms with Gasteiger partial charge in [-0.3, -0.25) is 19.3 Å². The summed E-state index contributed by atoms with van der Waals surface area (Å²) >= 11 is 1.37. The first-order valence-corrected chi connectivity index (χ1v) is 22.2. The van der Waals surface area contributed by atoms with E-state index >= 15 is 0 Å². The van der Waals surface area contributed by atoms with Gasteiger partial charge >= 0.3 is 18.2 Å². The van der Waals surface area contributed by atoms with E-state index in [1.165, 1.54) is 16.7 Å². The van der Waals surface area contributed by atoms with Gasteiger partial charge in [-0.25, -0.2) is 14.4 Å². The van der Waals surface area contributed by atoms with Crippen molar-refractivity contribution < 1.29 is 69.3 Å². The van der Waals surface area contributed by atoms with E-state index in [0.717, 1.165) is 16.7 Å². The zero-order valence-corrected chi connectivity index (χ0v) is 39.9. The molecule has 3 aromatic carbocycles. The van der Waals surface area contributed by atoms with Gasteiger partial charge in [0.25, 0.3) is 11.8 Å². The van der Waals surface area contributed by atoms with Gasteiger partial charge < -0.3 is 51.5 Å². The normalized spacial score (nSPS) is 17.7. The molecule has 0 radical (unpaired) electrons. The third-order valence-corrected chi connectivity index (χ3v) is 11.6. The molecule has 2 fully saturated rings. The highest BCUT2D eigenvalue weighted by molar-refractivity contribution is 8.00. The Balaban J connectivity index is 0.00000720. The van der Waals surface area contributed by atoms with Gasteiger partial charge in [-0.05, 0) is 88.4 Å². The molecule has 66 heavy (non-hydrogen) atoms. The van der Waals surface area contributed by atoms with Crippen molar-refractivity contribution in [3.8, 4) is 5.75 Å². The second-order valence-corrected chi connectivity index (χ2v) is 18.8. The maximum absolute atomic E-state index is 14.5. The summed E-state index contributed by atoms with van der Waals surface area (Å²) in [7, 11) is 0. The summed E-state index contributed by atoms with van der Waals surface area (Å²) in [5.41, 5.74) is 2.03. The number of ether oxygens (including phenoxy) is 4. The van der Waals surface area contributed by atoms with Crippen LogP contribution in [0.3, 0.4) is 0 Å². The number of amides is 4. The molecule has 4 aromatic rings. The van der Waals surface area contributed by atoms with Crippen molar-refractivity contribution >= 4 is 53.4 Å². The zero-order chi connectivity index (χ0) is 46.5. The van der Waals surface area contributed by atoms with E-state index < -0.39 is 52.8 Å². The van der Waals surface area contributed by atoms with Gasteiger partial charge in [0.15, 0.2) is 24.2 Å². The van der Waals surface area contributed by atoms with Crippen molar-refractivity contribution in [1.82, 2.24) is 15.1 Å². The van der Waals surface area contributed by atoms with Crippen molar-refractivity contribution in [1.29, 1.82) is 0 Å². The molecule has 0 spiro atoms. The van der Waals surface area contributed by atoms with Crippen molar-refractivity contribution in [3.63, 3.8) is 0 Å². The number of β-lactam (4-membered cyclic amide) rings is 1. The molecular weight excluding hydrogens is 931 g/mol. The number of aromatic nitrogens is 1. The average molecular weight is 983 g/mol. The number of benzene rings is 3. The Morgan fingerprint density at radius 1 is 0.833 bits per heavy atom. The number of likely N-dealkylation sites (tertiary alicyclic amines) is 1. The van der Waals surface area contributed by atoms with Gasteiger partial charge in [0.1, 0.15) is 28.3 Å². The molecule has 0 saturated carbocycles. The summed E-state index contributed by atoms with van der Waals surface area (Å²) in [4.78, 5) is 83.4. The second kappa shape index (κ2) is 20.8. The molecule has 2 atom stereocenters. The number of carbonyl (C=O) groups excluding carboxylic acids is 6. The lowest BCUT2D eigenvalue weighted by Crippen LogP contribution is -3.00. The maximum atomic E-state index is 14.5. The first-order chi connectivity index (χ1) is 30.9. The first kappa shape index (κ1) is 49.0. The number of esters is 1. The monoisotopic (exact) mass is 981 g/mol. The summed E-state index contributed by atoms with van der Waals surface area (Å²) < 4.78 is 23.9. The molecule has 0 bridgehead atoms. The van der Waals surface area contributed by atoms with Crippen molar-refractivity contribution in [2.75, 3.05) is 17.6 Å². The van der Waals surface area contributed by atoms with E-state index in [1.54, 1.807) is 93.7 Å². The number of rotatable bonds is 12. The summed E-state index contributed by atoms with van der Waals surface area (Å²) in [6.07, 6.45) is 3.14. The number of hydrogen-bond donors (Lipinski definition) is 2. The molecule has 4 heterocycles. The fraction of sp³-hybridized carbons (Fsp3) is 0.327. The predicted octanol–water partition coefficient (Wildman–Crippen LogP) is 3.98. The van der Waals surface area contributed by atoms with Crippen LogP contribution >= 0.6 is 11.8 Å². The third-order valence-electron chi connectivity index (χ3n) is 10.3. The van der Waals surface area contributed by atoms with Gasteiger partial charge in [-0.15, -0.1) is 11.8 Å². The number of hydrogen-bond acceptors (Lipinski definition) is 11. The Morgan fingerprint density at radius 2 is 1.44 bits per heavy atom. The molecule has 17 heteroatoms. The number of nitrogens with one attached hydrogen (secondary N) is 2. The van der Waals surface area contributed by atoms with Crippen LogP contribution in [0.5, 0.6) is 5.75 Å². The molecule has 2 saturated heterocycles. The number of halogens is 1. The van der Waals surface area contributed by atoms with Gasteiger partial charge in [-0.1, -0.05) is 72.8 Å². The topological polar surface area (TPSA) is 174 Å². The number of alkyl carbamates (subject to hydrolysis) is 1. The molecule has 3 aliphatic heterocycles. The van der Waals surface area contributed by atoms with E-state index in [2.05, 4.69) is 10.6 Å². The summed E-state index contributed by atoms with van der Waals surface area (Å²) in [5.74, 6) is -1.40. The van der Waals surface area contributed by atoms with Crippen LogP contribution in [-0.2, 0) is 46.5 Å². The number of para-hydroxylation sites is 2. The lowest BCUT2D eigenvalue weighted by atomic mass is 10.00. The molecular formula is C49H52BrN5O10S. The van der Waals surface area contributed by atoms with Crippen LogP contribution in [-0.4, -0.2) is 80.7 Å². The number of nitrogens with zero attached hydrogens (tertiary/aromatic N) is 3. The van der Waals surface area contributed by atoms with Crippen molar-refractivity contribution in [2.24, 2.45) is 0 Å². The van der Waals surface area contributed by atoms with Crippen LogP contribution in [0.25, 0.3) is 0 Å². The fourth-order valence-corrected chi connectivity index (χ4v) is 8.69. The molecule has 1 aromatic heterocycles. The first-order valence-electron chi connectivity index (χ1n) is 21.2. The van der Waals surface area contributed by atoms with Crippen LogP contribution in [0.4, 0.5) is 15.3 Å². The van der Waals surface area contributed by atoms with Crippen molar-refractivity contribution in [2.45, 2.75) is 89.8 Å². The number of carbonyl (C=O) groups is 6. The molecule has 3 aliphatic rings. The molecule has 0 aliphatic carbocycles. The van der Waals surface area contributed by atoms with Gasteiger partial charge in [0, 0.05) is 36.5 Å². The minimum Gasteiger partial charge on any atom is -1.00 e. The smallest absolute Gasteiger partial charge is 0.514 e. The minimum absolute atomic E-state index is 0. The van der Waals surface area contributed by atoms with E-state index in [9.17, 15) is 28.8 Å². The van der Waals surface area contributed by atoms with Crippen molar-refractivity contribution in [3.05, 3.63) is 149 Å². The fourth-order valence-electron chi connectivity index (χ4n) is 7.38. The third kappa shape index (κ3) is 12.2. The Morgan fingerprint density at radius 3 is 2.06 bits per heavy atom. The largest absolute Gasteiger partial charge is 1.00 e. The lowest BCUT2D eigenvalue weighted by molar-refractivity contribution is -0.684. The van der Waals surface area contributed by atoms with Crippen LogP contribution in [0.2, 0.25) is 0 Å². The molecule has 2 N–H and O–H groups in total. The van der Waals surface area contributed by atoms with Gasteiger partial charge in [0.2, 0.25) is 12.5 Å². The van der Waals surface area contributed by atoms with Gasteiger partial charge in [0.05, 0.1) is 5.69 Å². The zero-order valence-electron chi connectivity index (χ0n) is 37.4. The Bertz CT molecular complexity index is 2480. The van der Waals surface area contributed by atoms with E-state index in [4.69, 9.17) is 18.9 Å². The molecule has 0 unspecified atom stereocenters. The minimum atomic E-state index is -0.935. The summed E-state index contributed by atoms with van der Waals surface area (Å²) in [5, 5.41) is 4.84. The quantitative estimate of drug-likeness (QED) is 0.0525. The molecule has 4 amide bonds. The lowest BCUT2D eigenvalue weighted by Gasteiger charge is -2.49. The highest BCUT2D eigenvalue weighted by atomic mass is 79.9. The highest BCUT2D eigenvalue weighted by Crippen LogP contribution is 2.43. The Kier molecular flexibility index (Phi) is 15.4. The predicted molar refractivity (Wildman–Crippen MR) is 241 cm³/mol. The molecule has 346 valence electrons. The van der Waals surface area contributed by atoms with E-state index in [1.807, 2.05) is 72.8 Å². The number of thioether (sulfide) groups is 1. The number of pyridine rings is 1. The maximum Gasteiger partial charge on any atom is 0.514 e. The summed E-state index contributed by atoms with van der Waals surface area (Å²) in [6.45, 7) is 11.0. The van der Waals surface area contributed by atoms with E-state index in [-0.39, 0.29) is 52.5 Å². The highest BCUT2D eigenvalue weighted by Gasteiger charge is 2.55. The molecule has 15 nitrogen and oxygen atoms in total. The molecule has 7 rings (SSSR count). The Hall–Kier alpha value is -6.46. The van der Waals surface area contributed by atoms with Gasteiger partial charge in [-0.2, -0.15) is 4.57 Å². The Labute approximate surface area is 398 Å². The van der Waals surface area contributed by atoms with E-state index in [0.29, 0.717) is 36.3 Å².